The van der Waals surface area contributed by atoms with E-state index in [1.807, 2.05) is 32.0 Å². The van der Waals surface area contributed by atoms with Gasteiger partial charge in [0.2, 0.25) is 11.8 Å². The Balaban J connectivity index is 1.64. The number of cyclic esters (lactones) is 1. The lowest BCUT2D eigenvalue weighted by Crippen LogP contribution is -2.61. The highest BCUT2D eigenvalue weighted by atomic mass is 16.5. The van der Waals surface area contributed by atoms with E-state index in [0.717, 1.165) is 5.56 Å². The van der Waals surface area contributed by atoms with Crippen LogP contribution in [0.4, 0.5) is 0 Å². The molecule has 4 rings (SSSR count). The predicted octanol–water partition coefficient (Wildman–Crippen LogP) is 1.79. The highest BCUT2D eigenvalue weighted by Gasteiger charge is 2.33. The molecule has 3 amide bonds. The average Bonchev–Trinajstić information content (AvgIpc) is 2.90. The van der Waals surface area contributed by atoms with Crippen molar-refractivity contribution >= 4 is 40.8 Å². The van der Waals surface area contributed by atoms with Crippen molar-refractivity contribution in [2.24, 2.45) is 5.92 Å². The van der Waals surface area contributed by atoms with Crippen LogP contribution in [0, 0.1) is 5.92 Å². The molecule has 202 valence electrons. The van der Waals surface area contributed by atoms with Gasteiger partial charge in [0.15, 0.2) is 0 Å². The first-order valence-electron chi connectivity index (χ1n) is 12.9. The number of aromatic nitrogens is 2. The molecule has 0 radical (unpaired) electrons. The van der Waals surface area contributed by atoms with Crippen molar-refractivity contribution in [1.29, 1.82) is 0 Å². The number of hydrazine groups is 1. The van der Waals surface area contributed by atoms with E-state index in [1.165, 1.54) is 5.01 Å². The third-order valence-corrected chi connectivity index (χ3v) is 6.64. The van der Waals surface area contributed by atoms with Gasteiger partial charge in [-0.2, -0.15) is 0 Å². The Morgan fingerprint density at radius 1 is 1.08 bits per heavy atom. The van der Waals surface area contributed by atoms with Crippen molar-refractivity contribution in [3.63, 3.8) is 0 Å². The molecule has 2 aromatic rings. The molecular weight excluding hydrogens is 488 g/mol. The largest absolute Gasteiger partial charge is 0.455 e. The second-order valence-corrected chi connectivity index (χ2v) is 10.1. The van der Waals surface area contributed by atoms with E-state index < -0.39 is 36.1 Å². The number of benzene rings is 1. The molecule has 3 heterocycles. The zero-order valence-corrected chi connectivity index (χ0v) is 22.1. The lowest BCUT2D eigenvalue weighted by atomic mass is 10.0. The van der Waals surface area contributed by atoms with Gasteiger partial charge in [0.05, 0.1) is 22.9 Å². The van der Waals surface area contributed by atoms with Gasteiger partial charge in [-0.3, -0.25) is 29.2 Å². The number of rotatable bonds is 1. The Morgan fingerprint density at radius 3 is 2.63 bits per heavy atom. The summed E-state index contributed by atoms with van der Waals surface area (Å²) in [5, 5.41) is 6.83. The average molecular weight is 523 g/mol. The molecule has 0 aliphatic carbocycles. The van der Waals surface area contributed by atoms with Gasteiger partial charge in [-0.15, -0.1) is 0 Å². The topological polar surface area (TPSA) is 143 Å². The zero-order valence-electron chi connectivity index (χ0n) is 22.1. The molecule has 1 aromatic carbocycles. The third kappa shape index (κ3) is 6.34. The molecule has 1 fully saturated rings. The Bertz CT molecular complexity index is 1260. The number of amides is 3. The SMILES string of the molecule is CC1NC(=O)C(C(C)C)NC(=O)CC=Cc2ccc3ncc(nc3c2)C(C)OC(=O)C2CCCN(N2)C1=O. The number of fused-ring (bicyclic) bond motifs is 4. The van der Waals surface area contributed by atoms with Gasteiger partial charge in [-0.25, -0.2) is 10.4 Å². The monoisotopic (exact) mass is 522 g/mol. The van der Waals surface area contributed by atoms with Crippen molar-refractivity contribution in [3.8, 4) is 0 Å². The minimum Gasteiger partial charge on any atom is -0.455 e. The van der Waals surface area contributed by atoms with Crippen molar-refractivity contribution in [2.75, 3.05) is 6.54 Å². The van der Waals surface area contributed by atoms with Crippen molar-refractivity contribution in [3.05, 3.63) is 41.7 Å². The Kier molecular flexibility index (Phi) is 8.35. The molecular formula is C27H34N6O5. The maximum absolute atomic E-state index is 13.1. The summed E-state index contributed by atoms with van der Waals surface area (Å²) in [7, 11) is 0. The van der Waals surface area contributed by atoms with Gasteiger partial charge >= 0.3 is 5.97 Å². The summed E-state index contributed by atoms with van der Waals surface area (Å²) in [6.45, 7) is 7.32. The van der Waals surface area contributed by atoms with Gasteiger partial charge in [0.25, 0.3) is 5.91 Å². The molecule has 5 bridgehead atoms. The molecule has 2 aliphatic heterocycles. The summed E-state index contributed by atoms with van der Waals surface area (Å²) in [5.74, 6) is -1.85. The predicted molar refractivity (Wildman–Crippen MR) is 140 cm³/mol. The van der Waals surface area contributed by atoms with Crippen LogP contribution in [0.2, 0.25) is 0 Å². The van der Waals surface area contributed by atoms with Crippen molar-refractivity contribution < 1.29 is 23.9 Å². The number of carbonyl (C=O) groups is 4. The number of hydrogen-bond acceptors (Lipinski definition) is 8. The smallest absolute Gasteiger partial charge is 0.325 e. The summed E-state index contributed by atoms with van der Waals surface area (Å²) < 4.78 is 5.68. The molecule has 1 saturated heterocycles. The minimum absolute atomic E-state index is 0.0702. The van der Waals surface area contributed by atoms with Crippen LogP contribution < -0.4 is 16.1 Å². The van der Waals surface area contributed by atoms with E-state index in [4.69, 9.17) is 4.74 Å². The second-order valence-electron chi connectivity index (χ2n) is 10.1. The fourth-order valence-electron chi connectivity index (χ4n) is 4.44. The number of ether oxygens (including phenoxy) is 1. The van der Waals surface area contributed by atoms with Crippen LogP contribution in [-0.2, 0) is 23.9 Å². The second kappa shape index (κ2) is 11.7. The summed E-state index contributed by atoms with van der Waals surface area (Å²) in [6.07, 6.45) is 5.58. The lowest BCUT2D eigenvalue weighted by molar-refractivity contribution is -0.157. The van der Waals surface area contributed by atoms with Crippen LogP contribution in [0.3, 0.4) is 0 Å². The number of nitrogens with one attached hydrogen (secondary N) is 3. The molecule has 2 aliphatic rings. The Hall–Kier alpha value is -3.86. The van der Waals surface area contributed by atoms with Crippen LogP contribution in [0.1, 0.15) is 64.3 Å². The molecule has 4 unspecified atom stereocenters. The summed E-state index contributed by atoms with van der Waals surface area (Å²) in [5.41, 5.74) is 5.58. The molecule has 4 atom stereocenters. The van der Waals surface area contributed by atoms with Gasteiger partial charge < -0.3 is 15.4 Å². The van der Waals surface area contributed by atoms with Crippen molar-refractivity contribution in [2.45, 2.75) is 71.2 Å². The first-order chi connectivity index (χ1) is 18.1. The summed E-state index contributed by atoms with van der Waals surface area (Å²) in [6, 6.07) is 3.13. The first-order valence-corrected chi connectivity index (χ1v) is 12.9. The number of carbonyl (C=O) groups excluding carboxylic acids is 4. The van der Waals surface area contributed by atoms with E-state index in [1.54, 1.807) is 32.2 Å². The van der Waals surface area contributed by atoms with Crippen LogP contribution in [0.5, 0.6) is 0 Å². The molecule has 11 nitrogen and oxygen atoms in total. The lowest BCUT2D eigenvalue weighted by Gasteiger charge is -2.35. The maximum Gasteiger partial charge on any atom is 0.325 e. The van der Waals surface area contributed by atoms with Crippen LogP contribution in [0.15, 0.2) is 30.5 Å². The highest BCUT2D eigenvalue weighted by Crippen LogP contribution is 2.21. The third-order valence-electron chi connectivity index (χ3n) is 6.64. The molecule has 0 spiro atoms. The van der Waals surface area contributed by atoms with Gasteiger partial charge in [0.1, 0.15) is 24.2 Å². The fourth-order valence-corrected chi connectivity index (χ4v) is 4.44. The minimum atomic E-state index is -0.871. The van der Waals surface area contributed by atoms with Crippen LogP contribution >= 0.6 is 0 Å². The highest BCUT2D eigenvalue weighted by molar-refractivity contribution is 5.92. The molecule has 3 N–H and O–H groups in total. The molecule has 38 heavy (non-hydrogen) atoms. The maximum atomic E-state index is 13.1. The van der Waals surface area contributed by atoms with E-state index in [-0.39, 0.29) is 24.2 Å². The number of nitrogens with zero attached hydrogens (tertiary/aromatic N) is 3. The first kappa shape index (κ1) is 27.2. The van der Waals surface area contributed by atoms with Gasteiger partial charge in [-0.1, -0.05) is 32.1 Å². The summed E-state index contributed by atoms with van der Waals surface area (Å²) in [4.78, 5) is 60.7. The van der Waals surface area contributed by atoms with E-state index in [2.05, 4.69) is 26.0 Å². The van der Waals surface area contributed by atoms with E-state index in [0.29, 0.717) is 36.1 Å². The number of hydrogen-bond donors (Lipinski definition) is 3. The molecule has 11 heteroatoms. The standard InChI is InChI=1S/C27H34N6O5/c1-15(2)24-25(35)29-16(3)26(36)33-12-6-8-20(32-33)27(37)38-17(4)22-14-28-19-11-10-18(13-21(19)30-22)7-5-9-23(34)31-24/h5,7,10-11,13-17,20,24,32H,6,8-9,12H2,1-4H3,(H,29,35)(H,31,34). The quantitative estimate of drug-likeness (QED) is 0.481. The van der Waals surface area contributed by atoms with E-state index >= 15 is 0 Å². The number of esters is 1. The van der Waals surface area contributed by atoms with Crippen LogP contribution in [-0.4, -0.2) is 63.3 Å². The zero-order chi connectivity index (χ0) is 27.4. The molecule has 1 aromatic heterocycles. The Labute approximate surface area is 221 Å². The van der Waals surface area contributed by atoms with Gasteiger partial charge in [0, 0.05) is 13.0 Å². The normalized spacial score (nSPS) is 25.8. The van der Waals surface area contributed by atoms with Crippen molar-refractivity contribution in [1.82, 2.24) is 31.0 Å². The van der Waals surface area contributed by atoms with Crippen LogP contribution in [0.25, 0.3) is 17.1 Å². The van der Waals surface area contributed by atoms with Gasteiger partial charge in [-0.05, 0) is 50.3 Å². The fraction of sp³-hybridized carbons (Fsp3) is 0.481. The summed E-state index contributed by atoms with van der Waals surface area (Å²) >= 11 is 0. The molecule has 0 saturated carbocycles. The van der Waals surface area contributed by atoms with E-state index in [9.17, 15) is 19.2 Å². The Morgan fingerprint density at radius 2 is 1.87 bits per heavy atom.